The summed E-state index contributed by atoms with van der Waals surface area (Å²) in [5, 5.41) is 0. The van der Waals surface area contributed by atoms with Gasteiger partial charge in [0, 0.05) is 18.5 Å². The van der Waals surface area contributed by atoms with E-state index >= 15 is 0 Å². The highest BCUT2D eigenvalue weighted by molar-refractivity contribution is 7.81. The number of aromatic amines is 1. The third-order valence-corrected chi connectivity index (χ3v) is 1.37. The van der Waals surface area contributed by atoms with Gasteiger partial charge in [0.15, 0.2) is 0 Å². The van der Waals surface area contributed by atoms with Crippen LogP contribution < -0.4 is 9.61 Å². The van der Waals surface area contributed by atoms with Crippen LogP contribution in [0.3, 0.4) is 0 Å². The van der Waals surface area contributed by atoms with Gasteiger partial charge in [-0.2, -0.15) is 8.42 Å². The highest BCUT2D eigenvalue weighted by atomic mass is 32.3. The van der Waals surface area contributed by atoms with Crippen molar-refractivity contribution in [2.24, 2.45) is 0 Å². The summed E-state index contributed by atoms with van der Waals surface area (Å²) in [7, 11) is -4.62. The lowest BCUT2D eigenvalue weighted by atomic mass is 10.4. The Morgan fingerprint density at radius 1 is 1.50 bits per heavy atom. The zero-order valence-corrected chi connectivity index (χ0v) is 6.54. The normalized spacial score (nSPS) is 11.1. The maximum atomic E-state index is 10.8. The molecule has 0 spiro atoms. The fourth-order valence-corrected chi connectivity index (χ4v) is 0.937. The topological polar surface area (TPSA) is 96.5 Å². The summed E-state index contributed by atoms with van der Waals surface area (Å²) in [6.07, 6.45) is 2.33. The van der Waals surface area contributed by atoms with Crippen molar-refractivity contribution in [3.63, 3.8) is 0 Å². The molecule has 0 atom stereocenters. The molecule has 1 rings (SSSR count). The van der Waals surface area contributed by atoms with Gasteiger partial charge in [-0.15, -0.1) is 0 Å². The quantitative estimate of drug-likeness (QED) is 0.617. The number of hydrogen-bond donors (Lipinski definition) is 2. The Morgan fingerprint density at radius 2 is 2.17 bits per heavy atom. The van der Waals surface area contributed by atoms with Crippen LogP contribution in [0.15, 0.2) is 23.3 Å². The third-order valence-electron chi connectivity index (χ3n) is 0.983. The van der Waals surface area contributed by atoms with E-state index in [1.54, 1.807) is 0 Å². The third kappa shape index (κ3) is 2.36. The van der Waals surface area contributed by atoms with E-state index in [9.17, 15) is 13.2 Å². The van der Waals surface area contributed by atoms with Gasteiger partial charge in [-0.1, -0.05) is 0 Å². The summed E-state index contributed by atoms with van der Waals surface area (Å²) in [6.45, 7) is 0. The van der Waals surface area contributed by atoms with E-state index in [0.29, 0.717) is 0 Å². The molecule has 7 heteroatoms. The molecule has 0 aliphatic rings. The number of hydrogen-bond acceptors (Lipinski definition) is 4. The lowest BCUT2D eigenvalue weighted by Crippen LogP contribution is -2.13. The Bertz CT molecular complexity index is 419. The Hall–Kier alpha value is -1.34. The number of pyridine rings is 1. The fraction of sp³-hybridized carbons (Fsp3) is 0. The summed E-state index contributed by atoms with van der Waals surface area (Å²) in [5.41, 5.74) is -0.633. The fourth-order valence-electron chi connectivity index (χ4n) is 0.579. The van der Waals surface area contributed by atoms with E-state index in [0.717, 1.165) is 12.3 Å². The first-order chi connectivity index (χ1) is 5.49. The average Bonchev–Trinajstić information content (AvgIpc) is 1.91. The van der Waals surface area contributed by atoms with Crippen molar-refractivity contribution in [1.82, 2.24) is 4.98 Å². The van der Waals surface area contributed by atoms with Crippen molar-refractivity contribution in [2.75, 3.05) is 0 Å². The molecule has 0 aliphatic carbocycles. The molecule has 0 bridgehead atoms. The Morgan fingerprint density at radius 3 is 2.67 bits per heavy atom. The molecule has 1 aromatic rings. The highest BCUT2D eigenvalue weighted by Crippen LogP contribution is 2.01. The molecule has 0 aliphatic heterocycles. The smallest absolute Gasteiger partial charge is 0.364 e. The predicted molar refractivity (Wildman–Crippen MR) is 39.2 cm³/mol. The molecule has 0 unspecified atom stereocenters. The van der Waals surface area contributed by atoms with Gasteiger partial charge in [0.1, 0.15) is 0 Å². The number of aromatic nitrogens is 1. The first-order valence-corrected chi connectivity index (χ1v) is 4.19. The van der Waals surface area contributed by atoms with Crippen LogP contribution in [0.5, 0.6) is 5.75 Å². The van der Waals surface area contributed by atoms with E-state index in [-0.39, 0.29) is 0 Å². The monoisotopic (exact) mass is 191 g/mol. The van der Waals surface area contributed by atoms with E-state index in [1.165, 1.54) is 6.20 Å². The van der Waals surface area contributed by atoms with Crippen LogP contribution in [0.25, 0.3) is 0 Å². The van der Waals surface area contributed by atoms with Crippen molar-refractivity contribution in [3.8, 4) is 5.75 Å². The van der Waals surface area contributed by atoms with Crippen molar-refractivity contribution in [1.29, 1.82) is 0 Å². The number of H-pyrrole nitrogens is 1. The van der Waals surface area contributed by atoms with Crippen LogP contribution in [-0.2, 0) is 10.4 Å². The van der Waals surface area contributed by atoms with Gasteiger partial charge < -0.3 is 9.17 Å². The van der Waals surface area contributed by atoms with Crippen LogP contribution in [-0.4, -0.2) is 18.0 Å². The van der Waals surface area contributed by atoms with Gasteiger partial charge in [-0.25, -0.2) is 0 Å². The van der Waals surface area contributed by atoms with Crippen LogP contribution >= 0.6 is 0 Å². The van der Waals surface area contributed by atoms with Crippen molar-refractivity contribution >= 4 is 10.4 Å². The van der Waals surface area contributed by atoms with Crippen molar-refractivity contribution < 1.29 is 17.2 Å². The van der Waals surface area contributed by atoms with Gasteiger partial charge in [-0.3, -0.25) is 9.35 Å². The second kappa shape index (κ2) is 2.95. The minimum absolute atomic E-state index is 0.472. The maximum absolute atomic E-state index is 10.8. The van der Waals surface area contributed by atoms with Crippen LogP contribution in [0.2, 0.25) is 0 Å². The molecule has 0 saturated carbocycles. The summed E-state index contributed by atoms with van der Waals surface area (Å²) in [4.78, 5) is 13.2. The second-order valence-corrected chi connectivity index (χ2v) is 2.91. The van der Waals surface area contributed by atoms with Gasteiger partial charge in [-0.05, 0) is 0 Å². The lowest BCUT2D eigenvalue weighted by molar-refractivity contribution is 0.385. The van der Waals surface area contributed by atoms with Crippen molar-refractivity contribution in [2.45, 2.75) is 0 Å². The van der Waals surface area contributed by atoms with E-state index in [1.807, 2.05) is 0 Å². The Kier molecular flexibility index (Phi) is 2.15. The molecule has 2 N–H and O–H groups in total. The molecule has 12 heavy (non-hydrogen) atoms. The number of nitrogens with one attached hydrogen (secondary N) is 1. The molecule has 0 fully saturated rings. The first kappa shape index (κ1) is 8.75. The lowest BCUT2D eigenvalue weighted by Gasteiger charge is -1.97. The minimum atomic E-state index is -4.62. The molecule has 1 heterocycles. The molecular formula is C5H5NO5S. The predicted octanol–water partition coefficient (Wildman–Crippen LogP) is -0.444. The van der Waals surface area contributed by atoms with E-state index in [4.69, 9.17) is 4.55 Å². The molecule has 0 amide bonds. The van der Waals surface area contributed by atoms with E-state index < -0.39 is 21.6 Å². The van der Waals surface area contributed by atoms with Crippen LogP contribution in [0, 0.1) is 0 Å². The summed E-state index contributed by atoms with van der Waals surface area (Å²) in [6, 6.07) is 1.07. The Balaban J connectivity index is 3.07. The molecule has 0 saturated heterocycles. The highest BCUT2D eigenvalue weighted by Gasteiger charge is 2.08. The van der Waals surface area contributed by atoms with E-state index in [2.05, 4.69) is 9.17 Å². The molecule has 6 nitrogen and oxygen atoms in total. The minimum Gasteiger partial charge on any atom is -0.364 e. The maximum Gasteiger partial charge on any atom is 0.446 e. The van der Waals surface area contributed by atoms with Gasteiger partial charge in [0.2, 0.25) is 11.2 Å². The van der Waals surface area contributed by atoms with Crippen LogP contribution in [0.1, 0.15) is 0 Å². The van der Waals surface area contributed by atoms with Gasteiger partial charge in [0.05, 0.1) is 0 Å². The zero-order chi connectivity index (χ0) is 9.19. The zero-order valence-electron chi connectivity index (χ0n) is 5.72. The molecule has 66 valence electrons. The summed E-state index contributed by atoms with van der Waals surface area (Å²) >= 11 is 0. The number of rotatable bonds is 2. The van der Waals surface area contributed by atoms with Gasteiger partial charge in [0.25, 0.3) is 0 Å². The van der Waals surface area contributed by atoms with Crippen LogP contribution in [0.4, 0.5) is 0 Å². The molecular weight excluding hydrogens is 186 g/mol. The Labute approximate surface area is 67.8 Å². The molecule has 0 radical (unpaired) electrons. The van der Waals surface area contributed by atoms with Crippen molar-refractivity contribution in [3.05, 3.63) is 28.7 Å². The standard InChI is InChI=1S/C5H5NO5S/c7-4-1-2-6-3-5(4)11-12(8,9)10/h1-3H,(H,6,7)(H,8,9,10). The molecule has 1 aromatic heterocycles. The van der Waals surface area contributed by atoms with Gasteiger partial charge >= 0.3 is 10.4 Å². The first-order valence-electron chi connectivity index (χ1n) is 2.83. The SMILES string of the molecule is O=c1cc[nH]cc1OS(=O)(=O)O. The second-order valence-electron chi connectivity index (χ2n) is 1.88. The average molecular weight is 191 g/mol. The summed E-state index contributed by atoms with van der Waals surface area (Å²) in [5.74, 6) is -0.472. The largest absolute Gasteiger partial charge is 0.446 e. The summed E-state index contributed by atoms with van der Waals surface area (Å²) < 4.78 is 32.4. The molecule has 0 aromatic carbocycles.